The molecule has 1 aromatic heterocycles. The summed E-state index contributed by atoms with van der Waals surface area (Å²) in [6.45, 7) is 4.27. The van der Waals surface area contributed by atoms with Crippen molar-refractivity contribution in [1.29, 1.82) is 0 Å². The minimum Gasteiger partial charge on any atom is -0.388 e. The minimum absolute atomic E-state index is 0.330. The van der Waals surface area contributed by atoms with Gasteiger partial charge in [-0.15, -0.1) is 0 Å². The van der Waals surface area contributed by atoms with Crippen molar-refractivity contribution in [1.82, 2.24) is 9.78 Å². The quantitative estimate of drug-likeness (QED) is 0.874. The smallest absolute Gasteiger partial charge is 0.123 e. The van der Waals surface area contributed by atoms with Gasteiger partial charge in [0.25, 0.3) is 0 Å². The van der Waals surface area contributed by atoms with Crippen LogP contribution in [0.5, 0.6) is 0 Å². The third kappa shape index (κ3) is 3.45. The average Bonchev–Trinajstić information content (AvgIpc) is 2.88. The van der Waals surface area contributed by atoms with E-state index < -0.39 is 6.10 Å². The maximum Gasteiger partial charge on any atom is 0.123 e. The number of rotatable bonds is 6. The molecule has 0 aliphatic rings. The number of halogens is 1. The molecule has 20 heavy (non-hydrogen) atoms. The second-order valence-electron chi connectivity index (χ2n) is 5.03. The first-order valence-electron chi connectivity index (χ1n) is 7.11. The second kappa shape index (κ2) is 6.66. The lowest BCUT2D eigenvalue weighted by Crippen LogP contribution is -2.09. The van der Waals surface area contributed by atoms with Gasteiger partial charge < -0.3 is 5.11 Å². The van der Waals surface area contributed by atoms with Crippen molar-refractivity contribution in [2.75, 3.05) is 0 Å². The molecule has 0 radical (unpaired) electrons. The van der Waals surface area contributed by atoms with E-state index in [9.17, 15) is 9.50 Å². The van der Waals surface area contributed by atoms with E-state index in [0.717, 1.165) is 18.5 Å². The Kier molecular flexibility index (Phi) is 4.90. The molecule has 0 fully saturated rings. The van der Waals surface area contributed by atoms with Crippen LogP contribution in [0.15, 0.2) is 36.5 Å². The Hall–Kier alpha value is -1.68. The first kappa shape index (κ1) is 14.7. The van der Waals surface area contributed by atoms with E-state index in [4.69, 9.17) is 0 Å². The molecule has 1 heterocycles. The summed E-state index contributed by atoms with van der Waals surface area (Å²) in [7, 11) is 0. The molecule has 0 aliphatic carbocycles. The summed E-state index contributed by atoms with van der Waals surface area (Å²) in [6.07, 6.45) is 3.69. The number of aromatic nitrogens is 2. The summed E-state index contributed by atoms with van der Waals surface area (Å²) < 4.78 is 15.1. The summed E-state index contributed by atoms with van der Waals surface area (Å²) in [5.74, 6) is -0.330. The SMILES string of the molecule is CCC(CC)n1ccc(CC(O)c2cccc(F)c2)n1. The first-order valence-corrected chi connectivity index (χ1v) is 7.11. The Morgan fingerprint density at radius 3 is 2.65 bits per heavy atom. The van der Waals surface area contributed by atoms with Gasteiger partial charge in [0, 0.05) is 12.6 Å². The number of benzene rings is 1. The van der Waals surface area contributed by atoms with Crippen molar-refractivity contribution in [2.45, 2.75) is 45.3 Å². The molecule has 0 saturated heterocycles. The Morgan fingerprint density at radius 2 is 2.00 bits per heavy atom. The summed E-state index contributed by atoms with van der Waals surface area (Å²) >= 11 is 0. The van der Waals surface area contributed by atoms with Crippen molar-refractivity contribution in [3.63, 3.8) is 0 Å². The molecule has 1 N–H and O–H groups in total. The minimum atomic E-state index is -0.726. The molecule has 4 heteroatoms. The Bertz CT molecular complexity index is 549. The topological polar surface area (TPSA) is 38.0 Å². The molecule has 108 valence electrons. The van der Waals surface area contributed by atoms with Gasteiger partial charge in [-0.25, -0.2) is 4.39 Å². The number of aliphatic hydroxyl groups excluding tert-OH is 1. The Morgan fingerprint density at radius 1 is 1.25 bits per heavy atom. The van der Waals surface area contributed by atoms with E-state index in [0.29, 0.717) is 18.0 Å². The van der Waals surface area contributed by atoms with Crippen LogP contribution in [0.2, 0.25) is 0 Å². The summed E-state index contributed by atoms with van der Waals surface area (Å²) in [5.41, 5.74) is 1.41. The maximum absolute atomic E-state index is 13.1. The van der Waals surface area contributed by atoms with Gasteiger partial charge in [0.1, 0.15) is 5.82 Å². The zero-order valence-electron chi connectivity index (χ0n) is 12.0. The fraction of sp³-hybridized carbons (Fsp3) is 0.438. The van der Waals surface area contributed by atoms with E-state index in [2.05, 4.69) is 18.9 Å². The summed E-state index contributed by atoms with van der Waals surface area (Å²) in [5, 5.41) is 14.6. The molecule has 1 atom stereocenters. The molecular weight excluding hydrogens is 255 g/mol. The molecule has 1 unspecified atom stereocenters. The number of nitrogens with zero attached hydrogens (tertiary/aromatic N) is 2. The fourth-order valence-electron chi connectivity index (χ4n) is 2.38. The van der Waals surface area contributed by atoms with Crippen LogP contribution >= 0.6 is 0 Å². The van der Waals surface area contributed by atoms with Crippen LogP contribution in [0.25, 0.3) is 0 Å². The standard InChI is InChI=1S/C16H21FN2O/c1-3-15(4-2)19-9-8-14(18-19)11-16(20)12-6-5-7-13(17)10-12/h5-10,15-16,20H,3-4,11H2,1-2H3. The lowest BCUT2D eigenvalue weighted by atomic mass is 10.1. The van der Waals surface area contributed by atoms with Crippen LogP contribution in [0.3, 0.4) is 0 Å². The molecule has 0 saturated carbocycles. The van der Waals surface area contributed by atoms with Gasteiger partial charge >= 0.3 is 0 Å². The second-order valence-corrected chi connectivity index (χ2v) is 5.03. The van der Waals surface area contributed by atoms with Crippen molar-refractivity contribution in [2.24, 2.45) is 0 Å². The largest absolute Gasteiger partial charge is 0.388 e. The number of hydrogen-bond donors (Lipinski definition) is 1. The zero-order chi connectivity index (χ0) is 14.5. The Labute approximate surface area is 119 Å². The lowest BCUT2D eigenvalue weighted by molar-refractivity contribution is 0.176. The van der Waals surface area contributed by atoms with E-state index in [1.165, 1.54) is 12.1 Å². The van der Waals surface area contributed by atoms with Crippen LogP contribution in [0.1, 0.15) is 50.1 Å². The van der Waals surface area contributed by atoms with Gasteiger partial charge in [-0.1, -0.05) is 26.0 Å². The van der Waals surface area contributed by atoms with Gasteiger partial charge in [-0.2, -0.15) is 5.10 Å². The molecule has 2 rings (SSSR count). The molecule has 0 bridgehead atoms. The van der Waals surface area contributed by atoms with E-state index >= 15 is 0 Å². The molecular formula is C16H21FN2O. The highest BCUT2D eigenvalue weighted by molar-refractivity contribution is 5.20. The van der Waals surface area contributed by atoms with E-state index in [1.807, 2.05) is 16.9 Å². The number of aliphatic hydroxyl groups is 1. The lowest BCUT2D eigenvalue weighted by Gasteiger charge is -2.13. The highest BCUT2D eigenvalue weighted by Gasteiger charge is 2.13. The van der Waals surface area contributed by atoms with E-state index in [-0.39, 0.29) is 5.82 Å². The number of hydrogen-bond acceptors (Lipinski definition) is 2. The maximum atomic E-state index is 13.1. The van der Waals surface area contributed by atoms with Crippen molar-refractivity contribution in [3.05, 3.63) is 53.6 Å². The first-order chi connectivity index (χ1) is 9.63. The van der Waals surface area contributed by atoms with Crippen LogP contribution < -0.4 is 0 Å². The van der Waals surface area contributed by atoms with E-state index in [1.54, 1.807) is 12.1 Å². The monoisotopic (exact) mass is 276 g/mol. The third-order valence-corrected chi connectivity index (χ3v) is 3.62. The van der Waals surface area contributed by atoms with Gasteiger partial charge in [0.2, 0.25) is 0 Å². The molecule has 0 spiro atoms. The molecule has 3 nitrogen and oxygen atoms in total. The van der Waals surface area contributed by atoms with Crippen molar-refractivity contribution >= 4 is 0 Å². The predicted molar refractivity (Wildman–Crippen MR) is 76.9 cm³/mol. The highest BCUT2D eigenvalue weighted by atomic mass is 19.1. The summed E-state index contributed by atoms with van der Waals surface area (Å²) in [4.78, 5) is 0. The summed E-state index contributed by atoms with van der Waals surface area (Å²) in [6, 6.07) is 8.39. The predicted octanol–water partition coefficient (Wildman–Crippen LogP) is 3.66. The van der Waals surface area contributed by atoms with Crippen LogP contribution in [0.4, 0.5) is 4.39 Å². The molecule has 0 amide bonds. The third-order valence-electron chi connectivity index (χ3n) is 3.62. The Balaban J connectivity index is 2.06. The zero-order valence-corrected chi connectivity index (χ0v) is 12.0. The van der Waals surface area contributed by atoms with Crippen LogP contribution in [-0.4, -0.2) is 14.9 Å². The van der Waals surface area contributed by atoms with Crippen molar-refractivity contribution in [3.8, 4) is 0 Å². The van der Waals surface area contributed by atoms with Crippen LogP contribution in [0, 0.1) is 5.82 Å². The van der Waals surface area contributed by atoms with Crippen molar-refractivity contribution < 1.29 is 9.50 Å². The van der Waals surface area contributed by atoms with Gasteiger partial charge in [-0.05, 0) is 36.6 Å². The molecule has 2 aromatic rings. The van der Waals surface area contributed by atoms with Gasteiger partial charge in [-0.3, -0.25) is 4.68 Å². The van der Waals surface area contributed by atoms with Crippen LogP contribution in [-0.2, 0) is 6.42 Å². The normalized spacial score (nSPS) is 12.8. The highest BCUT2D eigenvalue weighted by Crippen LogP contribution is 2.20. The molecule has 1 aromatic carbocycles. The average molecular weight is 276 g/mol. The van der Waals surface area contributed by atoms with Gasteiger partial charge in [0.05, 0.1) is 17.8 Å². The van der Waals surface area contributed by atoms with Gasteiger partial charge in [0.15, 0.2) is 0 Å². The fourth-order valence-corrected chi connectivity index (χ4v) is 2.38. The molecule has 0 aliphatic heterocycles.